The van der Waals surface area contributed by atoms with Gasteiger partial charge < -0.3 is 5.11 Å². The molecule has 0 saturated heterocycles. The summed E-state index contributed by atoms with van der Waals surface area (Å²) < 4.78 is 0. The normalized spacial score (nSPS) is 8.83. The summed E-state index contributed by atoms with van der Waals surface area (Å²) in [6, 6.07) is 7.81. The van der Waals surface area contributed by atoms with Gasteiger partial charge in [0.1, 0.15) is 0 Å². The standard InChI is InChI=1S/C11H12O/c1-2-3-6-10-7-4-5-8-11(10)9-12/h4-5,7-8,12H,6,9H2,1H3. The lowest BCUT2D eigenvalue weighted by Gasteiger charge is -2.01. The van der Waals surface area contributed by atoms with Gasteiger partial charge in [0.25, 0.3) is 0 Å². The van der Waals surface area contributed by atoms with Gasteiger partial charge in [-0.15, -0.1) is 5.92 Å². The van der Waals surface area contributed by atoms with Crippen molar-refractivity contribution < 1.29 is 5.11 Å². The molecule has 0 saturated carbocycles. The van der Waals surface area contributed by atoms with Crippen LogP contribution in [0, 0.1) is 11.8 Å². The Hall–Kier alpha value is -1.26. The van der Waals surface area contributed by atoms with Crippen LogP contribution in [0.4, 0.5) is 0 Å². The second kappa shape index (κ2) is 4.58. The van der Waals surface area contributed by atoms with Crippen molar-refractivity contribution in [1.29, 1.82) is 0 Å². The summed E-state index contributed by atoms with van der Waals surface area (Å²) in [5.74, 6) is 5.81. The monoisotopic (exact) mass is 160 g/mol. The van der Waals surface area contributed by atoms with Crippen LogP contribution in [0.1, 0.15) is 18.1 Å². The van der Waals surface area contributed by atoms with E-state index < -0.39 is 0 Å². The molecule has 0 fully saturated rings. The number of rotatable bonds is 2. The number of benzene rings is 1. The van der Waals surface area contributed by atoms with E-state index in [1.165, 1.54) is 0 Å². The lowest BCUT2D eigenvalue weighted by Crippen LogP contribution is -1.91. The van der Waals surface area contributed by atoms with Gasteiger partial charge in [-0.25, -0.2) is 0 Å². The highest BCUT2D eigenvalue weighted by molar-refractivity contribution is 5.29. The summed E-state index contributed by atoms with van der Waals surface area (Å²) in [7, 11) is 0. The summed E-state index contributed by atoms with van der Waals surface area (Å²) in [6.07, 6.45) is 0.729. The highest BCUT2D eigenvalue weighted by atomic mass is 16.3. The Labute approximate surface area is 73.0 Å². The zero-order valence-electron chi connectivity index (χ0n) is 7.17. The van der Waals surface area contributed by atoms with Gasteiger partial charge in [-0.2, -0.15) is 0 Å². The zero-order chi connectivity index (χ0) is 8.81. The quantitative estimate of drug-likeness (QED) is 0.653. The van der Waals surface area contributed by atoms with E-state index in [2.05, 4.69) is 11.8 Å². The molecule has 0 amide bonds. The summed E-state index contributed by atoms with van der Waals surface area (Å²) in [6.45, 7) is 1.92. The summed E-state index contributed by atoms with van der Waals surface area (Å²) in [5.41, 5.74) is 2.09. The minimum atomic E-state index is 0.0988. The second-order valence-corrected chi connectivity index (χ2v) is 2.53. The predicted molar refractivity (Wildman–Crippen MR) is 49.5 cm³/mol. The van der Waals surface area contributed by atoms with E-state index in [4.69, 9.17) is 5.11 Å². The molecule has 62 valence electrons. The molecule has 0 aromatic heterocycles. The van der Waals surface area contributed by atoms with Crippen LogP contribution in [0.25, 0.3) is 0 Å². The van der Waals surface area contributed by atoms with Crippen molar-refractivity contribution in [2.24, 2.45) is 0 Å². The van der Waals surface area contributed by atoms with E-state index in [9.17, 15) is 0 Å². The Kier molecular flexibility index (Phi) is 3.37. The number of hydrogen-bond donors (Lipinski definition) is 1. The molecule has 1 heteroatoms. The van der Waals surface area contributed by atoms with Crippen molar-refractivity contribution >= 4 is 0 Å². The molecule has 1 rings (SSSR count). The lowest BCUT2D eigenvalue weighted by atomic mass is 10.1. The van der Waals surface area contributed by atoms with E-state index in [0.717, 1.165) is 17.5 Å². The van der Waals surface area contributed by atoms with Crippen LogP contribution in [-0.4, -0.2) is 5.11 Å². The van der Waals surface area contributed by atoms with Crippen LogP contribution in [0.3, 0.4) is 0 Å². The summed E-state index contributed by atoms with van der Waals surface area (Å²) in [4.78, 5) is 0. The molecule has 0 heterocycles. The maximum atomic E-state index is 8.97. The average Bonchev–Trinajstić information content (AvgIpc) is 2.15. The van der Waals surface area contributed by atoms with Crippen molar-refractivity contribution in [3.05, 3.63) is 35.4 Å². The Bertz CT molecular complexity index is 304. The van der Waals surface area contributed by atoms with Gasteiger partial charge in [0.2, 0.25) is 0 Å². The Morgan fingerprint density at radius 2 is 1.92 bits per heavy atom. The summed E-state index contributed by atoms with van der Waals surface area (Å²) in [5, 5.41) is 8.97. The third-order valence-electron chi connectivity index (χ3n) is 1.74. The average molecular weight is 160 g/mol. The Balaban J connectivity index is 2.86. The minimum Gasteiger partial charge on any atom is -0.392 e. The van der Waals surface area contributed by atoms with Crippen LogP contribution in [0.15, 0.2) is 24.3 Å². The van der Waals surface area contributed by atoms with Gasteiger partial charge in [-0.3, -0.25) is 0 Å². The number of aliphatic hydroxyl groups excluding tert-OH is 1. The molecule has 0 bridgehead atoms. The fourth-order valence-electron chi connectivity index (χ4n) is 1.07. The van der Waals surface area contributed by atoms with Crippen LogP contribution >= 0.6 is 0 Å². The molecule has 0 aliphatic rings. The Morgan fingerprint density at radius 3 is 2.50 bits per heavy atom. The van der Waals surface area contributed by atoms with E-state index in [-0.39, 0.29) is 6.61 Å². The number of aliphatic hydroxyl groups is 1. The second-order valence-electron chi connectivity index (χ2n) is 2.53. The molecule has 12 heavy (non-hydrogen) atoms. The molecule has 1 nitrogen and oxygen atoms in total. The van der Waals surface area contributed by atoms with Gasteiger partial charge in [0.15, 0.2) is 0 Å². The van der Waals surface area contributed by atoms with Gasteiger partial charge in [-0.05, 0) is 18.1 Å². The minimum absolute atomic E-state index is 0.0988. The lowest BCUT2D eigenvalue weighted by molar-refractivity contribution is 0.281. The maximum absolute atomic E-state index is 8.97. The SMILES string of the molecule is CC#CCc1ccccc1CO. The highest BCUT2D eigenvalue weighted by Gasteiger charge is 1.96. The van der Waals surface area contributed by atoms with Crippen LogP contribution in [0.2, 0.25) is 0 Å². The Morgan fingerprint density at radius 1 is 1.25 bits per heavy atom. The molecule has 0 unspecified atom stereocenters. The van der Waals surface area contributed by atoms with Crippen molar-refractivity contribution in [2.75, 3.05) is 0 Å². The van der Waals surface area contributed by atoms with Gasteiger partial charge in [-0.1, -0.05) is 30.2 Å². The van der Waals surface area contributed by atoms with E-state index >= 15 is 0 Å². The topological polar surface area (TPSA) is 20.2 Å². The third-order valence-corrected chi connectivity index (χ3v) is 1.74. The molecule has 0 radical (unpaired) electrons. The molecule has 0 spiro atoms. The maximum Gasteiger partial charge on any atom is 0.0684 e. The molecular weight excluding hydrogens is 148 g/mol. The molecular formula is C11H12O. The number of hydrogen-bond acceptors (Lipinski definition) is 1. The first-order valence-corrected chi connectivity index (χ1v) is 3.95. The zero-order valence-corrected chi connectivity index (χ0v) is 7.17. The molecule has 1 N–H and O–H groups in total. The van der Waals surface area contributed by atoms with Crippen LogP contribution < -0.4 is 0 Å². The third kappa shape index (κ3) is 2.11. The van der Waals surface area contributed by atoms with Crippen molar-refractivity contribution in [3.63, 3.8) is 0 Å². The molecule has 0 aliphatic heterocycles. The largest absolute Gasteiger partial charge is 0.392 e. The first kappa shape index (κ1) is 8.83. The van der Waals surface area contributed by atoms with Crippen molar-refractivity contribution in [1.82, 2.24) is 0 Å². The smallest absolute Gasteiger partial charge is 0.0684 e. The van der Waals surface area contributed by atoms with Gasteiger partial charge >= 0.3 is 0 Å². The fourth-order valence-corrected chi connectivity index (χ4v) is 1.07. The first-order valence-electron chi connectivity index (χ1n) is 3.95. The summed E-state index contributed by atoms with van der Waals surface area (Å²) >= 11 is 0. The molecule has 1 aromatic rings. The van der Waals surface area contributed by atoms with E-state index in [1.54, 1.807) is 0 Å². The van der Waals surface area contributed by atoms with Crippen molar-refractivity contribution in [3.8, 4) is 11.8 Å². The van der Waals surface area contributed by atoms with E-state index in [1.807, 2.05) is 31.2 Å². The first-order chi connectivity index (χ1) is 5.88. The molecule has 0 atom stereocenters. The van der Waals surface area contributed by atoms with Crippen LogP contribution in [-0.2, 0) is 13.0 Å². The predicted octanol–water partition coefficient (Wildman–Crippen LogP) is 1.74. The van der Waals surface area contributed by atoms with Gasteiger partial charge in [0, 0.05) is 6.42 Å². The fraction of sp³-hybridized carbons (Fsp3) is 0.273. The highest BCUT2D eigenvalue weighted by Crippen LogP contribution is 2.08. The molecule has 1 aromatic carbocycles. The molecule has 0 aliphatic carbocycles. The van der Waals surface area contributed by atoms with Crippen molar-refractivity contribution in [2.45, 2.75) is 20.0 Å². The van der Waals surface area contributed by atoms with Crippen LogP contribution in [0.5, 0.6) is 0 Å². The van der Waals surface area contributed by atoms with Gasteiger partial charge in [0.05, 0.1) is 6.61 Å². The van der Waals surface area contributed by atoms with E-state index in [0.29, 0.717) is 0 Å².